The summed E-state index contributed by atoms with van der Waals surface area (Å²) >= 11 is 1.46. The lowest BCUT2D eigenvalue weighted by Gasteiger charge is -2.38. The third kappa shape index (κ3) is 10.8. The summed E-state index contributed by atoms with van der Waals surface area (Å²) in [5.41, 5.74) is 0.783. The fourth-order valence-electron chi connectivity index (χ4n) is 4.14. The lowest BCUT2D eigenvalue weighted by atomic mass is 9.94. The normalized spacial score (nSPS) is 22.6. The van der Waals surface area contributed by atoms with E-state index in [1.54, 1.807) is 26.0 Å². The van der Waals surface area contributed by atoms with Crippen molar-refractivity contribution in [1.29, 1.82) is 0 Å². The van der Waals surface area contributed by atoms with E-state index in [4.69, 9.17) is 9.47 Å². The summed E-state index contributed by atoms with van der Waals surface area (Å²) in [4.78, 5) is 50.4. The first-order chi connectivity index (χ1) is 19.5. The Morgan fingerprint density at radius 3 is 2.39 bits per heavy atom. The number of hydrogen-bond acceptors (Lipinski definition) is 11. The molecule has 13 nitrogen and oxygen atoms in total. The lowest BCUT2D eigenvalue weighted by molar-refractivity contribution is -0.210. The van der Waals surface area contributed by atoms with Gasteiger partial charge in [0.05, 0.1) is 13.2 Å². The van der Waals surface area contributed by atoms with Crippen LogP contribution in [0.2, 0.25) is 0 Å². The van der Waals surface area contributed by atoms with Crippen LogP contribution in [0.15, 0.2) is 30.3 Å². The van der Waals surface area contributed by atoms with Gasteiger partial charge < -0.3 is 45.5 Å². The van der Waals surface area contributed by atoms with Gasteiger partial charge in [-0.1, -0.05) is 44.2 Å². The van der Waals surface area contributed by atoms with Gasteiger partial charge in [-0.05, 0) is 29.9 Å². The highest BCUT2D eigenvalue weighted by Crippen LogP contribution is 2.23. The zero-order valence-electron chi connectivity index (χ0n) is 23.6. The van der Waals surface area contributed by atoms with E-state index in [2.05, 4.69) is 20.7 Å². The highest BCUT2D eigenvalue weighted by molar-refractivity contribution is 7.98. The molecule has 1 aliphatic heterocycles. The third-order valence-electron chi connectivity index (χ3n) is 6.52. The summed E-state index contributed by atoms with van der Waals surface area (Å²) in [6.07, 6.45) is -5.81. The van der Waals surface area contributed by atoms with E-state index in [1.807, 2.05) is 24.5 Å². The molecule has 7 atom stereocenters. The standard InChI is InChI=1S/C27H41N3O10S/c1-15(2)21(30-27(37)39-14-16-8-6-5-7-9-16)25(35)29-17(10-11-41-4)24(34)28-13-19(32)23-22(33)18(31)12-20(40-23)26(36)38-3/h5-9,15,17-23,31-33H,10-14H2,1-4H3,(H,28,34)(H,29,35)(H,30,37)/t17-,18+,19+,20-,21-,22+,23+/m0/s1. The topological polar surface area (TPSA) is 193 Å². The molecule has 0 saturated carbocycles. The fraction of sp³-hybridized carbons (Fsp3) is 0.630. The predicted molar refractivity (Wildman–Crippen MR) is 150 cm³/mol. The monoisotopic (exact) mass is 599 g/mol. The Morgan fingerprint density at radius 2 is 1.78 bits per heavy atom. The summed E-state index contributed by atoms with van der Waals surface area (Å²) in [7, 11) is 1.14. The molecule has 1 aromatic rings. The molecule has 6 N–H and O–H groups in total. The second kappa shape index (κ2) is 17.1. The van der Waals surface area contributed by atoms with E-state index in [9.17, 15) is 34.5 Å². The van der Waals surface area contributed by atoms with E-state index in [0.717, 1.165) is 12.7 Å². The van der Waals surface area contributed by atoms with Crippen molar-refractivity contribution in [3.63, 3.8) is 0 Å². The van der Waals surface area contributed by atoms with Gasteiger partial charge in [-0.15, -0.1) is 0 Å². The first kappa shape index (κ1) is 34.3. The first-order valence-corrected chi connectivity index (χ1v) is 14.7. The summed E-state index contributed by atoms with van der Waals surface area (Å²) in [6.45, 7) is 3.10. The van der Waals surface area contributed by atoms with Crippen LogP contribution in [0.1, 0.15) is 32.3 Å². The zero-order valence-corrected chi connectivity index (χ0v) is 24.5. The Bertz CT molecular complexity index is 999. The Kier molecular flexibility index (Phi) is 14.3. The molecule has 0 aromatic heterocycles. The van der Waals surface area contributed by atoms with Crippen LogP contribution in [0, 0.1) is 5.92 Å². The van der Waals surface area contributed by atoms with Crippen molar-refractivity contribution in [2.75, 3.05) is 25.7 Å². The number of methoxy groups -OCH3 is 1. The number of aliphatic hydroxyl groups excluding tert-OH is 3. The average Bonchev–Trinajstić information content (AvgIpc) is 2.96. The minimum absolute atomic E-state index is 0.0248. The molecule has 0 bridgehead atoms. The molecule has 2 rings (SSSR count). The maximum atomic E-state index is 13.1. The molecule has 1 aliphatic rings. The zero-order chi connectivity index (χ0) is 30.5. The van der Waals surface area contributed by atoms with Crippen LogP contribution in [0.4, 0.5) is 4.79 Å². The van der Waals surface area contributed by atoms with Crippen molar-refractivity contribution in [2.45, 2.75) is 75.9 Å². The molecule has 230 valence electrons. The Labute approximate surface area is 243 Å². The summed E-state index contributed by atoms with van der Waals surface area (Å²) in [5.74, 6) is -1.78. The number of amides is 3. The number of nitrogens with one attached hydrogen (secondary N) is 3. The van der Waals surface area contributed by atoms with Crippen molar-refractivity contribution in [2.24, 2.45) is 5.92 Å². The predicted octanol–water partition coefficient (Wildman–Crippen LogP) is -0.295. The number of benzene rings is 1. The van der Waals surface area contributed by atoms with Gasteiger partial charge in [-0.2, -0.15) is 11.8 Å². The molecule has 3 amide bonds. The van der Waals surface area contributed by atoms with Crippen LogP contribution in [-0.4, -0.2) is 107 Å². The van der Waals surface area contributed by atoms with Crippen LogP contribution in [0.5, 0.6) is 0 Å². The Balaban J connectivity index is 1.98. The number of alkyl carbamates (subject to hydrolysis) is 1. The molecule has 0 spiro atoms. The number of ether oxygens (including phenoxy) is 3. The second-order valence-electron chi connectivity index (χ2n) is 9.99. The molecule has 0 unspecified atom stereocenters. The lowest BCUT2D eigenvalue weighted by Crippen LogP contribution is -2.59. The molecule has 1 saturated heterocycles. The number of carbonyl (C=O) groups is 4. The van der Waals surface area contributed by atoms with Crippen molar-refractivity contribution in [3.8, 4) is 0 Å². The minimum Gasteiger partial charge on any atom is -0.467 e. The van der Waals surface area contributed by atoms with E-state index in [0.29, 0.717) is 5.75 Å². The highest BCUT2D eigenvalue weighted by Gasteiger charge is 2.43. The van der Waals surface area contributed by atoms with Crippen molar-refractivity contribution in [1.82, 2.24) is 16.0 Å². The smallest absolute Gasteiger partial charge is 0.408 e. The molecule has 14 heteroatoms. The van der Waals surface area contributed by atoms with Gasteiger partial charge in [0.2, 0.25) is 11.8 Å². The second-order valence-corrected chi connectivity index (χ2v) is 11.0. The number of hydrogen-bond donors (Lipinski definition) is 6. The number of carbonyl (C=O) groups excluding carboxylic acids is 4. The van der Waals surface area contributed by atoms with Crippen molar-refractivity contribution < 1.29 is 48.7 Å². The molecular formula is C27H41N3O10S. The molecule has 41 heavy (non-hydrogen) atoms. The molecule has 1 heterocycles. The van der Waals surface area contributed by atoms with Crippen LogP contribution in [0.25, 0.3) is 0 Å². The largest absolute Gasteiger partial charge is 0.467 e. The van der Waals surface area contributed by atoms with Gasteiger partial charge in [-0.25, -0.2) is 9.59 Å². The SMILES string of the molecule is COC(=O)[C@@H]1C[C@@H](O)[C@@H](O)[C@@H]([C@H](O)CNC(=O)[C@H](CCSC)NC(=O)[C@@H](NC(=O)OCc2ccccc2)C(C)C)O1. The Hall–Kier alpha value is -2.91. The summed E-state index contributed by atoms with van der Waals surface area (Å²) in [5, 5.41) is 38.7. The molecule has 1 fully saturated rings. The molecular weight excluding hydrogens is 558 g/mol. The van der Waals surface area contributed by atoms with Gasteiger partial charge in [0, 0.05) is 13.0 Å². The van der Waals surface area contributed by atoms with Crippen LogP contribution < -0.4 is 16.0 Å². The highest BCUT2D eigenvalue weighted by atomic mass is 32.2. The van der Waals surface area contributed by atoms with Crippen LogP contribution in [0.3, 0.4) is 0 Å². The van der Waals surface area contributed by atoms with E-state index >= 15 is 0 Å². The Morgan fingerprint density at radius 1 is 1.10 bits per heavy atom. The number of thioether (sulfide) groups is 1. The van der Waals surface area contributed by atoms with Gasteiger partial charge in [-0.3, -0.25) is 9.59 Å². The van der Waals surface area contributed by atoms with Crippen LogP contribution >= 0.6 is 11.8 Å². The minimum atomic E-state index is -1.51. The quantitative estimate of drug-likeness (QED) is 0.154. The van der Waals surface area contributed by atoms with Gasteiger partial charge in [0.25, 0.3) is 0 Å². The maximum absolute atomic E-state index is 13.1. The number of esters is 1. The molecule has 1 aromatic carbocycles. The van der Waals surface area contributed by atoms with Crippen LogP contribution in [-0.2, 0) is 35.2 Å². The van der Waals surface area contributed by atoms with Crippen molar-refractivity contribution in [3.05, 3.63) is 35.9 Å². The number of rotatable bonds is 14. The summed E-state index contributed by atoms with van der Waals surface area (Å²) in [6, 6.07) is 7.07. The van der Waals surface area contributed by atoms with E-state index in [1.165, 1.54) is 11.8 Å². The van der Waals surface area contributed by atoms with Gasteiger partial charge in [0.1, 0.15) is 37.0 Å². The fourth-order valence-corrected chi connectivity index (χ4v) is 4.61. The van der Waals surface area contributed by atoms with E-state index < -0.39 is 73.0 Å². The van der Waals surface area contributed by atoms with Crippen molar-refractivity contribution >= 4 is 35.6 Å². The first-order valence-electron chi connectivity index (χ1n) is 13.3. The number of aliphatic hydroxyl groups is 3. The van der Waals surface area contributed by atoms with E-state index in [-0.39, 0.29) is 25.4 Å². The molecule has 0 radical (unpaired) electrons. The van der Waals surface area contributed by atoms with Gasteiger partial charge >= 0.3 is 12.1 Å². The van der Waals surface area contributed by atoms with Gasteiger partial charge in [0.15, 0.2) is 6.10 Å². The molecule has 0 aliphatic carbocycles. The maximum Gasteiger partial charge on any atom is 0.408 e. The third-order valence-corrected chi connectivity index (χ3v) is 7.16. The summed E-state index contributed by atoms with van der Waals surface area (Å²) < 4.78 is 15.3. The average molecular weight is 600 g/mol.